The molecule has 2 nitrogen and oxygen atoms in total. The van der Waals surface area contributed by atoms with E-state index in [9.17, 15) is 0 Å². The summed E-state index contributed by atoms with van der Waals surface area (Å²) in [6.45, 7) is 5.73. The van der Waals surface area contributed by atoms with Crippen molar-refractivity contribution in [2.45, 2.75) is 32.7 Å². The van der Waals surface area contributed by atoms with Crippen molar-refractivity contribution in [2.24, 2.45) is 11.1 Å². The number of rotatable bonds is 4. The molecule has 2 N–H and O–H groups in total. The second-order valence-electron chi connectivity index (χ2n) is 3.33. The van der Waals surface area contributed by atoms with E-state index in [2.05, 4.69) is 18.2 Å². The Kier molecular flexibility index (Phi) is 3.01. The molecule has 0 aromatic rings. The first-order chi connectivity index (χ1) is 4.74. The first kappa shape index (κ1) is 8.37. The van der Waals surface area contributed by atoms with Crippen LogP contribution in [0.3, 0.4) is 0 Å². The standard InChI is InChI=1S/C7H16N2S/c1-6(2)3-4-7-5-9(7)10-8/h6-7H,3-5,8H2,1-2H3. The van der Waals surface area contributed by atoms with Crippen LogP contribution in [0.15, 0.2) is 0 Å². The fraction of sp³-hybridized carbons (Fsp3) is 1.00. The Morgan fingerprint density at radius 2 is 2.40 bits per heavy atom. The summed E-state index contributed by atoms with van der Waals surface area (Å²) >= 11 is 1.38. The lowest BCUT2D eigenvalue weighted by molar-refractivity contribution is 0.537. The molecule has 10 heavy (non-hydrogen) atoms. The van der Waals surface area contributed by atoms with Gasteiger partial charge in [0.25, 0.3) is 0 Å². The molecule has 1 aliphatic rings. The molecule has 0 aliphatic carbocycles. The number of nitrogens with two attached hydrogens (primary N) is 1. The van der Waals surface area contributed by atoms with Crippen LogP contribution in [0.4, 0.5) is 0 Å². The molecule has 2 atom stereocenters. The van der Waals surface area contributed by atoms with E-state index in [1.165, 1.54) is 31.5 Å². The molecule has 60 valence electrons. The Balaban J connectivity index is 1.96. The fourth-order valence-corrected chi connectivity index (χ4v) is 1.59. The van der Waals surface area contributed by atoms with Crippen molar-refractivity contribution in [2.75, 3.05) is 6.54 Å². The number of hydrogen-bond donors (Lipinski definition) is 1. The maximum atomic E-state index is 5.37. The lowest BCUT2D eigenvalue weighted by atomic mass is 10.1. The van der Waals surface area contributed by atoms with Crippen molar-refractivity contribution in [3.63, 3.8) is 0 Å². The highest BCUT2D eigenvalue weighted by molar-refractivity contribution is 7.95. The minimum absolute atomic E-state index is 0.789. The lowest BCUT2D eigenvalue weighted by Gasteiger charge is -2.02. The second kappa shape index (κ2) is 3.60. The van der Waals surface area contributed by atoms with Gasteiger partial charge in [0, 0.05) is 24.7 Å². The molecule has 1 aliphatic heterocycles. The van der Waals surface area contributed by atoms with E-state index in [1.54, 1.807) is 0 Å². The first-order valence-electron chi connectivity index (χ1n) is 3.87. The summed E-state index contributed by atoms with van der Waals surface area (Å²) < 4.78 is 2.22. The van der Waals surface area contributed by atoms with Gasteiger partial charge in [0.05, 0.1) is 0 Å². The molecule has 2 unspecified atom stereocenters. The third-order valence-corrected chi connectivity index (χ3v) is 2.60. The van der Waals surface area contributed by atoms with Gasteiger partial charge in [-0.05, 0) is 18.8 Å². The number of hydrogen-bond acceptors (Lipinski definition) is 3. The topological polar surface area (TPSA) is 29.0 Å². The average Bonchev–Trinajstić information content (AvgIpc) is 2.61. The van der Waals surface area contributed by atoms with Crippen molar-refractivity contribution in [3.05, 3.63) is 0 Å². The third kappa shape index (κ3) is 2.48. The predicted octanol–water partition coefficient (Wildman–Crippen LogP) is 1.63. The van der Waals surface area contributed by atoms with Gasteiger partial charge in [-0.1, -0.05) is 13.8 Å². The van der Waals surface area contributed by atoms with Gasteiger partial charge in [-0.15, -0.1) is 0 Å². The van der Waals surface area contributed by atoms with E-state index in [-0.39, 0.29) is 0 Å². The van der Waals surface area contributed by atoms with E-state index in [1.807, 2.05) is 0 Å². The average molecular weight is 160 g/mol. The normalized spacial score (nSPS) is 31.2. The predicted molar refractivity (Wildman–Crippen MR) is 46.3 cm³/mol. The van der Waals surface area contributed by atoms with Gasteiger partial charge >= 0.3 is 0 Å². The van der Waals surface area contributed by atoms with Gasteiger partial charge in [-0.2, -0.15) is 0 Å². The highest BCUT2D eigenvalue weighted by Gasteiger charge is 2.33. The summed E-state index contributed by atoms with van der Waals surface area (Å²) in [5.74, 6) is 0.838. The zero-order chi connectivity index (χ0) is 7.56. The molecule has 0 amide bonds. The summed E-state index contributed by atoms with van der Waals surface area (Å²) in [6, 6.07) is 0.789. The molecular formula is C7H16N2S. The van der Waals surface area contributed by atoms with Gasteiger partial charge in [0.2, 0.25) is 0 Å². The van der Waals surface area contributed by atoms with E-state index in [4.69, 9.17) is 5.14 Å². The van der Waals surface area contributed by atoms with Crippen molar-refractivity contribution >= 4 is 12.1 Å². The van der Waals surface area contributed by atoms with Crippen LogP contribution in [0.2, 0.25) is 0 Å². The van der Waals surface area contributed by atoms with Crippen LogP contribution in [-0.2, 0) is 0 Å². The molecule has 1 fully saturated rings. The molecule has 1 rings (SSSR count). The number of nitrogens with zero attached hydrogens (tertiary/aromatic N) is 1. The quantitative estimate of drug-likeness (QED) is 0.500. The monoisotopic (exact) mass is 160 g/mol. The molecule has 3 heteroatoms. The molecule has 0 saturated carbocycles. The van der Waals surface area contributed by atoms with Crippen LogP contribution in [0.1, 0.15) is 26.7 Å². The molecule has 1 heterocycles. The van der Waals surface area contributed by atoms with Gasteiger partial charge in [-0.25, -0.2) is 4.31 Å². The Morgan fingerprint density at radius 3 is 2.80 bits per heavy atom. The summed E-state index contributed by atoms with van der Waals surface area (Å²) in [4.78, 5) is 0. The molecule has 0 spiro atoms. The molecule has 1 saturated heterocycles. The fourth-order valence-electron chi connectivity index (χ4n) is 1.05. The maximum absolute atomic E-state index is 5.37. The summed E-state index contributed by atoms with van der Waals surface area (Å²) in [7, 11) is 0. The van der Waals surface area contributed by atoms with Crippen LogP contribution in [-0.4, -0.2) is 16.9 Å². The lowest BCUT2D eigenvalue weighted by Crippen LogP contribution is -1.98. The van der Waals surface area contributed by atoms with Crippen LogP contribution in [0.25, 0.3) is 0 Å². The van der Waals surface area contributed by atoms with E-state index >= 15 is 0 Å². The Hall–Kier alpha value is 0.270. The summed E-state index contributed by atoms with van der Waals surface area (Å²) in [5.41, 5.74) is 0. The van der Waals surface area contributed by atoms with Gasteiger partial charge in [-0.3, -0.25) is 5.14 Å². The van der Waals surface area contributed by atoms with Crippen LogP contribution in [0.5, 0.6) is 0 Å². The van der Waals surface area contributed by atoms with Gasteiger partial charge in [0.1, 0.15) is 0 Å². The Morgan fingerprint density at radius 1 is 1.70 bits per heavy atom. The van der Waals surface area contributed by atoms with E-state index in [0.717, 1.165) is 12.0 Å². The zero-order valence-electron chi connectivity index (χ0n) is 6.71. The molecule has 0 bridgehead atoms. The Labute approximate surface area is 67.4 Å². The van der Waals surface area contributed by atoms with Gasteiger partial charge < -0.3 is 0 Å². The molecule has 0 aromatic heterocycles. The molecule has 0 radical (unpaired) electrons. The summed E-state index contributed by atoms with van der Waals surface area (Å²) in [6.07, 6.45) is 2.66. The van der Waals surface area contributed by atoms with Crippen molar-refractivity contribution in [1.29, 1.82) is 0 Å². The van der Waals surface area contributed by atoms with Gasteiger partial charge in [0.15, 0.2) is 0 Å². The maximum Gasteiger partial charge on any atom is 0.0352 e. The van der Waals surface area contributed by atoms with E-state index < -0.39 is 0 Å². The molecule has 0 aromatic carbocycles. The summed E-state index contributed by atoms with van der Waals surface area (Å²) in [5, 5.41) is 5.37. The molecular weight excluding hydrogens is 144 g/mol. The zero-order valence-corrected chi connectivity index (χ0v) is 7.53. The third-order valence-electron chi connectivity index (χ3n) is 1.88. The van der Waals surface area contributed by atoms with Crippen LogP contribution < -0.4 is 5.14 Å². The van der Waals surface area contributed by atoms with Crippen molar-refractivity contribution in [1.82, 2.24) is 4.31 Å². The Bertz CT molecular complexity index is 106. The minimum atomic E-state index is 0.789. The minimum Gasteiger partial charge on any atom is -0.264 e. The van der Waals surface area contributed by atoms with Crippen molar-refractivity contribution in [3.8, 4) is 0 Å². The second-order valence-corrected chi connectivity index (χ2v) is 4.01. The largest absolute Gasteiger partial charge is 0.264 e. The smallest absolute Gasteiger partial charge is 0.0352 e. The van der Waals surface area contributed by atoms with Crippen molar-refractivity contribution < 1.29 is 0 Å². The van der Waals surface area contributed by atoms with E-state index in [0.29, 0.717) is 0 Å². The SMILES string of the molecule is CC(C)CCC1CN1SN. The van der Waals surface area contributed by atoms with Crippen LogP contribution in [0, 0.1) is 5.92 Å². The first-order valence-corrected chi connectivity index (χ1v) is 4.71. The highest BCUT2D eigenvalue weighted by atomic mass is 32.2. The highest BCUT2D eigenvalue weighted by Crippen LogP contribution is 2.28. The van der Waals surface area contributed by atoms with Crippen LogP contribution >= 0.6 is 12.1 Å².